The van der Waals surface area contributed by atoms with Crippen LogP contribution in [0, 0.1) is 0 Å². The van der Waals surface area contributed by atoms with Crippen LogP contribution in [0.5, 0.6) is 0 Å². The predicted molar refractivity (Wildman–Crippen MR) is 108 cm³/mol. The van der Waals surface area contributed by atoms with Gasteiger partial charge in [0.25, 0.3) is 0 Å². The Balaban J connectivity index is 1.95. The van der Waals surface area contributed by atoms with E-state index in [1.54, 1.807) is 0 Å². The molecule has 3 rings (SSSR count). The first-order chi connectivity index (χ1) is 11.7. The van der Waals surface area contributed by atoms with Crippen LogP contribution in [0.4, 0.5) is 0 Å². The van der Waals surface area contributed by atoms with E-state index in [-0.39, 0.29) is 6.10 Å². The zero-order valence-corrected chi connectivity index (χ0v) is 16.4. The van der Waals surface area contributed by atoms with Crippen molar-refractivity contribution in [1.29, 1.82) is 0 Å². The molecule has 1 heterocycles. The van der Waals surface area contributed by atoms with Crippen LogP contribution in [-0.4, -0.2) is 37.4 Å². The SMILES string of the molecule is CPOC(CS(C)(c1ccccc1)c1ccccc1)C1CCCN1. The van der Waals surface area contributed by atoms with Gasteiger partial charge in [0.05, 0.1) is 6.10 Å². The molecule has 3 atom stereocenters. The molecule has 1 aliphatic heterocycles. The van der Waals surface area contributed by atoms with Crippen molar-refractivity contribution in [3.63, 3.8) is 0 Å². The number of hydrogen-bond acceptors (Lipinski definition) is 2. The van der Waals surface area contributed by atoms with E-state index in [4.69, 9.17) is 4.52 Å². The van der Waals surface area contributed by atoms with Gasteiger partial charge < -0.3 is 9.84 Å². The number of benzene rings is 2. The van der Waals surface area contributed by atoms with E-state index in [1.165, 1.54) is 22.6 Å². The van der Waals surface area contributed by atoms with Crippen molar-refractivity contribution in [2.75, 3.05) is 25.2 Å². The Hall–Kier alpha value is -0.860. The van der Waals surface area contributed by atoms with Crippen molar-refractivity contribution in [2.45, 2.75) is 34.8 Å². The van der Waals surface area contributed by atoms with E-state index in [1.807, 2.05) is 0 Å². The molecular weight excluding hydrogens is 333 g/mol. The molecule has 1 fully saturated rings. The van der Waals surface area contributed by atoms with E-state index in [9.17, 15) is 0 Å². The minimum absolute atomic E-state index is 0.288. The highest BCUT2D eigenvalue weighted by atomic mass is 32.3. The molecule has 2 nitrogen and oxygen atoms in total. The van der Waals surface area contributed by atoms with Crippen LogP contribution in [0.1, 0.15) is 12.8 Å². The smallest absolute Gasteiger partial charge is 0.0848 e. The van der Waals surface area contributed by atoms with Gasteiger partial charge in [0.1, 0.15) is 0 Å². The molecule has 1 saturated heterocycles. The van der Waals surface area contributed by atoms with Gasteiger partial charge in [-0.05, 0) is 66.4 Å². The Kier molecular flexibility index (Phi) is 6.35. The van der Waals surface area contributed by atoms with E-state index in [0.29, 0.717) is 14.8 Å². The molecule has 3 unspecified atom stereocenters. The Morgan fingerprint density at radius 3 is 2.12 bits per heavy atom. The van der Waals surface area contributed by atoms with E-state index < -0.39 is 10.0 Å². The molecule has 24 heavy (non-hydrogen) atoms. The second-order valence-corrected chi connectivity index (χ2v) is 10.5. The monoisotopic (exact) mass is 361 g/mol. The van der Waals surface area contributed by atoms with Crippen LogP contribution in [0.2, 0.25) is 0 Å². The molecule has 0 aromatic heterocycles. The number of nitrogens with one attached hydrogen (secondary N) is 1. The quantitative estimate of drug-likeness (QED) is 0.708. The highest BCUT2D eigenvalue weighted by Gasteiger charge is 2.33. The standard InChI is InChI=1S/C20H28NOPS/c1-23-22-20(19-14-9-15-21-19)16-24(2,17-10-5-3-6-11-17)18-12-7-4-8-13-18/h3-8,10-13,19-21,23H,9,14-16H2,1-2H3. The summed E-state index contributed by atoms with van der Waals surface area (Å²) in [6.45, 7) is 3.26. The number of rotatable bonds is 7. The first-order valence-electron chi connectivity index (χ1n) is 8.66. The third-order valence-corrected chi connectivity index (χ3v) is 9.00. The number of hydrogen-bond donors (Lipinski definition) is 1. The molecule has 4 heteroatoms. The molecule has 0 spiro atoms. The van der Waals surface area contributed by atoms with Crippen molar-refractivity contribution in [3.8, 4) is 0 Å². The van der Waals surface area contributed by atoms with Gasteiger partial charge >= 0.3 is 0 Å². The van der Waals surface area contributed by atoms with Crippen molar-refractivity contribution in [1.82, 2.24) is 5.32 Å². The van der Waals surface area contributed by atoms with Crippen LogP contribution in [0.15, 0.2) is 70.5 Å². The minimum atomic E-state index is -1.12. The Labute approximate surface area is 149 Å². The molecule has 2 aromatic rings. The molecule has 0 amide bonds. The van der Waals surface area contributed by atoms with E-state index >= 15 is 0 Å². The normalized spacial score (nSPS) is 20.5. The van der Waals surface area contributed by atoms with E-state index in [0.717, 1.165) is 12.3 Å². The summed E-state index contributed by atoms with van der Waals surface area (Å²) in [6, 6.07) is 22.5. The lowest BCUT2D eigenvalue weighted by Crippen LogP contribution is -2.39. The van der Waals surface area contributed by atoms with Crippen molar-refractivity contribution < 1.29 is 4.52 Å². The zero-order chi connectivity index (χ0) is 16.8. The summed E-state index contributed by atoms with van der Waals surface area (Å²) in [5.74, 6) is 1.08. The minimum Gasteiger partial charge on any atom is -0.357 e. The topological polar surface area (TPSA) is 21.3 Å². The van der Waals surface area contributed by atoms with Gasteiger partial charge in [-0.25, -0.2) is 0 Å². The first kappa shape index (κ1) is 17.9. The van der Waals surface area contributed by atoms with Gasteiger partial charge in [-0.2, -0.15) is 10.0 Å². The molecular formula is C20H28NOPS. The second kappa shape index (κ2) is 8.49. The largest absolute Gasteiger partial charge is 0.357 e. The maximum absolute atomic E-state index is 6.25. The van der Waals surface area contributed by atoms with Crippen LogP contribution < -0.4 is 5.32 Å². The molecule has 0 aliphatic carbocycles. The van der Waals surface area contributed by atoms with Crippen LogP contribution >= 0.6 is 18.8 Å². The maximum Gasteiger partial charge on any atom is 0.0848 e. The lowest BCUT2D eigenvalue weighted by Gasteiger charge is -2.41. The van der Waals surface area contributed by atoms with Gasteiger partial charge in [-0.15, -0.1) is 0 Å². The Morgan fingerprint density at radius 1 is 1.08 bits per heavy atom. The summed E-state index contributed by atoms with van der Waals surface area (Å²) in [6.07, 6.45) is 5.23. The molecule has 130 valence electrons. The van der Waals surface area contributed by atoms with Crippen LogP contribution in [-0.2, 0) is 4.52 Å². The third kappa shape index (κ3) is 4.03. The van der Waals surface area contributed by atoms with Gasteiger partial charge in [0.15, 0.2) is 0 Å². The molecule has 0 saturated carbocycles. The Morgan fingerprint density at radius 2 is 1.67 bits per heavy atom. The fraction of sp³-hybridized carbons (Fsp3) is 0.400. The summed E-state index contributed by atoms with van der Waals surface area (Å²) in [4.78, 5) is 2.89. The fourth-order valence-electron chi connectivity index (χ4n) is 3.51. The molecule has 1 aliphatic rings. The van der Waals surface area contributed by atoms with Gasteiger partial charge in [0.2, 0.25) is 0 Å². The summed E-state index contributed by atoms with van der Waals surface area (Å²) in [5.41, 5.74) is 0. The Bertz CT molecular complexity index is 577. The van der Waals surface area contributed by atoms with Crippen LogP contribution in [0.25, 0.3) is 0 Å². The van der Waals surface area contributed by atoms with Gasteiger partial charge in [-0.3, -0.25) is 0 Å². The predicted octanol–water partition coefficient (Wildman–Crippen LogP) is 4.90. The zero-order valence-electron chi connectivity index (χ0n) is 14.6. The summed E-state index contributed by atoms with van der Waals surface area (Å²) < 4.78 is 6.25. The molecule has 1 N–H and O–H groups in total. The average molecular weight is 361 g/mol. The maximum atomic E-state index is 6.25. The van der Waals surface area contributed by atoms with Gasteiger partial charge in [0, 0.05) is 20.6 Å². The molecule has 0 bridgehead atoms. The van der Waals surface area contributed by atoms with E-state index in [2.05, 4.69) is 78.9 Å². The fourth-order valence-corrected chi connectivity index (χ4v) is 7.31. The summed E-state index contributed by atoms with van der Waals surface area (Å²) in [5, 5.41) is 3.66. The third-order valence-electron chi connectivity index (χ3n) is 4.84. The second-order valence-electron chi connectivity index (χ2n) is 6.44. The van der Waals surface area contributed by atoms with Crippen molar-refractivity contribution in [2.24, 2.45) is 0 Å². The van der Waals surface area contributed by atoms with Crippen molar-refractivity contribution >= 4 is 18.8 Å². The molecule has 2 aromatic carbocycles. The summed E-state index contributed by atoms with van der Waals surface area (Å²) >= 11 is 0. The van der Waals surface area contributed by atoms with Gasteiger partial charge in [-0.1, -0.05) is 36.4 Å². The molecule has 0 radical (unpaired) electrons. The highest BCUT2D eigenvalue weighted by Crippen LogP contribution is 2.60. The lowest BCUT2D eigenvalue weighted by molar-refractivity contribution is 0.211. The first-order valence-corrected chi connectivity index (χ1v) is 12.3. The van der Waals surface area contributed by atoms with Crippen LogP contribution in [0.3, 0.4) is 0 Å². The highest BCUT2D eigenvalue weighted by molar-refractivity contribution is 8.33. The van der Waals surface area contributed by atoms with Crippen molar-refractivity contribution in [3.05, 3.63) is 60.7 Å². The summed E-state index contributed by atoms with van der Waals surface area (Å²) in [7, 11) is -0.577. The average Bonchev–Trinajstić information content (AvgIpc) is 3.17. The lowest BCUT2D eigenvalue weighted by atomic mass is 10.1.